The Morgan fingerprint density at radius 3 is 2.88 bits per heavy atom. The zero-order valence-electron chi connectivity index (χ0n) is 9.55. The molecule has 1 atom stereocenters. The number of thioether (sulfide) groups is 1. The number of halogens is 1. The van der Waals surface area contributed by atoms with E-state index in [1.54, 1.807) is 7.11 Å². The van der Waals surface area contributed by atoms with E-state index in [0.29, 0.717) is 10.6 Å². The lowest BCUT2D eigenvalue weighted by Crippen LogP contribution is -2.14. The van der Waals surface area contributed by atoms with Gasteiger partial charge in [0.05, 0.1) is 12.0 Å². The molecule has 16 heavy (non-hydrogen) atoms. The van der Waals surface area contributed by atoms with E-state index in [-0.39, 0.29) is 11.9 Å². The molecule has 1 aromatic carbocycles. The summed E-state index contributed by atoms with van der Waals surface area (Å²) in [5, 5.41) is 3.31. The molecule has 2 nitrogen and oxygen atoms in total. The number of methoxy groups -OCH3 is 1. The first kappa shape index (κ1) is 11.7. The van der Waals surface area contributed by atoms with Crippen molar-refractivity contribution in [3.8, 4) is 5.75 Å². The summed E-state index contributed by atoms with van der Waals surface area (Å²) in [6.45, 7) is 0.977. The fourth-order valence-corrected chi connectivity index (χ4v) is 2.77. The molecule has 1 unspecified atom stereocenters. The van der Waals surface area contributed by atoms with E-state index >= 15 is 0 Å². The molecule has 0 radical (unpaired) electrons. The highest BCUT2D eigenvalue weighted by Gasteiger charge is 2.22. The zero-order valence-corrected chi connectivity index (χ0v) is 10.4. The van der Waals surface area contributed by atoms with Crippen molar-refractivity contribution in [2.24, 2.45) is 0 Å². The Bertz CT molecular complexity index is 378. The Hall–Kier alpha value is -0.740. The number of rotatable bonds is 3. The molecule has 1 aliphatic heterocycles. The highest BCUT2D eigenvalue weighted by atomic mass is 32.2. The highest BCUT2D eigenvalue weighted by Crippen LogP contribution is 2.36. The predicted molar refractivity (Wildman–Crippen MR) is 64.7 cm³/mol. The van der Waals surface area contributed by atoms with Crippen molar-refractivity contribution < 1.29 is 9.13 Å². The van der Waals surface area contributed by atoms with E-state index in [1.807, 2.05) is 18.4 Å². The molecule has 1 saturated heterocycles. The van der Waals surface area contributed by atoms with Gasteiger partial charge in [-0.25, -0.2) is 4.39 Å². The Kier molecular flexibility index (Phi) is 3.71. The van der Waals surface area contributed by atoms with E-state index in [0.717, 1.165) is 24.9 Å². The van der Waals surface area contributed by atoms with Crippen molar-refractivity contribution in [2.75, 3.05) is 19.9 Å². The summed E-state index contributed by atoms with van der Waals surface area (Å²) < 4.78 is 19.4. The molecule has 0 bridgehead atoms. The molecule has 4 heteroatoms. The summed E-state index contributed by atoms with van der Waals surface area (Å²) in [4.78, 5) is 0.605. The van der Waals surface area contributed by atoms with Crippen LogP contribution >= 0.6 is 11.8 Å². The Balaban J connectivity index is 2.39. The number of hydrogen-bond acceptors (Lipinski definition) is 3. The minimum atomic E-state index is -0.133. The number of nitrogens with one attached hydrogen (secondary N) is 1. The molecular weight excluding hydrogens is 225 g/mol. The van der Waals surface area contributed by atoms with Crippen LogP contribution in [0.4, 0.5) is 4.39 Å². The summed E-state index contributed by atoms with van der Waals surface area (Å²) >= 11 is 1.39. The summed E-state index contributed by atoms with van der Waals surface area (Å²) in [6, 6.07) is 3.85. The van der Waals surface area contributed by atoms with Crippen LogP contribution in [-0.4, -0.2) is 19.9 Å². The maximum atomic E-state index is 14.2. The maximum Gasteiger partial charge on any atom is 0.145 e. The normalized spacial score (nSPS) is 20.1. The van der Waals surface area contributed by atoms with Gasteiger partial charge in [-0.2, -0.15) is 0 Å². The van der Waals surface area contributed by atoms with Gasteiger partial charge < -0.3 is 10.1 Å². The average Bonchev–Trinajstić information content (AvgIpc) is 2.81. The Labute approximate surface area is 99.6 Å². The molecule has 0 aromatic heterocycles. The van der Waals surface area contributed by atoms with Crippen molar-refractivity contribution >= 4 is 11.8 Å². The molecule has 0 amide bonds. The number of hydrogen-bond donors (Lipinski definition) is 1. The van der Waals surface area contributed by atoms with Gasteiger partial charge in [-0.1, -0.05) is 6.07 Å². The van der Waals surface area contributed by atoms with Crippen molar-refractivity contribution in [1.82, 2.24) is 5.32 Å². The summed E-state index contributed by atoms with van der Waals surface area (Å²) in [5.41, 5.74) is 0.766. The third kappa shape index (κ3) is 2.04. The second-order valence-corrected chi connectivity index (χ2v) is 4.67. The van der Waals surface area contributed by atoms with Gasteiger partial charge in [0.25, 0.3) is 0 Å². The molecule has 1 fully saturated rings. The topological polar surface area (TPSA) is 21.3 Å². The first-order valence-electron chi connectivity index (χ1n) is 5.41. The maximum absolute atomic E-state index is 14.2. The monoisotopic (exact) mass is 241 g/mol. The largest absolute Gasteiger partial charge is 0.495 e. The molecule has 88 valence electrons. The van der Waals surface area contributed by atoms with E-state index in [2.05, 4.69) is 5.32 Å². The van der Waals surface area contributed by atoms with Gasteiger partial charge in [-0.15, -0.1) is 11.8 Å². The fraction of sp³-hybridized carbons (Fsp3) is 0.500. The second-order valence-electron chi connectivity index (χ2n) is 3.85. The minimum Gasteiger partial charge on any atom is -0.495 e. The van der Waals surface area contributed by atoms with Gasteiger partial charge in [0.1, 0.15) is 11.6 Å². The lowest BCUT2D eigenvalue weighted by Gasteiger charge is -2.15. The molecule has 0 aliphatic carbocycles. The smallest absolute Gasteiger partial charge is 0.145 e. The van der Waals surface area contributed by atoms with Gasteiger partial charge in [0.15, 0.2) is 0 Å². The van der Waals surface area contributed by atoms with E-state index in [9.17, 15) is 4.39 Å². The molecule has 1 N–H and O–H groups in total. The van der Waals surface area contributed by atoms with Gasteiger partial charge in [0.2, 0.25) is 0 Å². The average molecular weight is 241 g/mol. The van der Waals surface area contributed by atoms with E-state index in [4.69, 9.17) is 4.74 Å². The highest BCUT2D eigenvalue weighted by molar-refractivity contribution is 7.98. The van der Waals surface area contributed by atoms with Gasteiger partial charge in [0, 0.05) is 11.6 Å². The molecule has 1 aliphatic rings. The van der Waals surface area contributed by atoms with Crippen molar-refractivity contribution in [3.05, 3.63) is 23.5 Å². The van der Waals surface area contributed by atoms with Crippen LogP contribution in [0.15, 0.2) is 17.0 Å². The second kappa shape index (κ2) is 5.06. The summed E-state index contributed by atoms with van der Waals surface area (Å²) in [6.07, 6.45) is 3.99. The van der Waals surface area contributed by atoms with Crippen molar-refractivity contribution in [2.45, 2.75) is 23.8 Å². The van der Waals surface area contributed by atoms with Crippen LogP contribution < -0.4 is 10.1 Å². The number of ether oxygens (including phenoxy) is 1. The zero-order chi connectivity index (χ0) is 11.5. The lowest BCUT2D eigenvalue weighted by molar-refractivity contribution is 0.395. The molecule has 2 rings (SSSR count). The quantitative estimate of drug-likeness (QED) is 0.822. The van der Waals surface area contributed by atoms with E-state index < -0.39 is 0 Å². The third-order valence-electron chi connectivity index (χ3n) is 2.95. The van der Waals surface area contributed by atoms with E-state index in [1.165, 1.54) is 11.8 Å². The molecule has 1 heterocycles. The van der Waals surface area contributed by atoms with Gasteiger partial charge in [-0.05, 0) is 31.7 Å². The minimum absolute atomic E-state index is 0.133. The molecule has 1 aromatic rings. The SMILES string of the molecule is COc1ccc(C2CCCN2)c(F)c1SC. The molecule has 0 saturated carbocycles. The van der Waals surface area contributed by atoms with Crippen LogP contribution in [0.25, 0.3) is 0 Å². The van der Waals surface area contributed by atoms with Crippen LogP contribution in [0.2, 0.25) is 0 Å². The lowest BCUT2D eigenvalue weighted by atomic mass is 10.0. The Morgan fingerprint density at radius 1 is 1.50 bits per heavy atom. The summed E-state index contributed by atoms with van der Waals surface area (Å²) in [7, 11) is 1.57. The number of benzene rings is 1. The fourth-order valence-electron chi connectivity index (χ4n) is 2.12. The first-order valence-corrected chi connectivity index (χ1v) is 6.64. The third-order valence-corrected chi connectivity index (χ3v) is 3.74. The van der Waals surface area contributed by atoms with Gasteiger partial charge >= 0.3 is 0 Å². The molecule has 0 spiro atoms. The van der Waals surface area contributed by atoms with Crippen LogP contribution in [0.1, 0.15) is 24.4 Å². The van der Waals surface area contributed by atoms with Crippen LogP contribution in [-0.2, 0) is 0 Å². The predicted octanol–water partition coefficient (Wildman–Crippen LogP) is 2.98. The molecular formula is C12H16FNOS. The van der Waals surface area contributed by atoms with Crippen LogP contribution in [0, 0.1) is 5.82 Å². The Morgan fingerprint density at radius 2 is 2.31 bits per heavy atom. The van der Waals surface area contributed by atoms with Crippen molar-refractivity contribution in [1.29, 1.82) is 0 Å². The van der Waals surface area contributed by atoms with Gasteiger partial charge in [-0.3, -0.25) is 0 Å². The summed E-state index contributed by atoms with van der Waals surface area (Å²) in [5.74, 6) is 0.484. The first-order chi connectivity index (χ1) is 7.77. The standard InChI is InChI=1S/C12H16FNOS/c1-15-10-6-5-8(9-4-3-7-14-9)11(13)12(10)16-2/h5-6,9,14H,3-4,7H2,1-2H3. The van der Waals surface area contributed by atoms with Crippen LogP contribution in [0.3, 0.4) is 0 Å². The van der Waals surface area contributed by atoms with Crippen LogP contribution in [0.5, 0.6) is 5.75 Å². The van der Waals surface area contributed by atoms with Crippen molar-refractivity contribution in [3.63, 3.8) is 0 Å².